The average molecular weight is 654 g/mol. The van der Waals surface area contributed by atoms with Gasteiger partial charge < -0.3 is 4.90 Å². The molecular weight excluding hydrogens is 623 g/mol. The van der Waals surface area contributed by atoms with Crippen LogP contribution in [0.1, 0.15) is 0 Å². The minimum absolute atomic E-state index is 1.12. The zero-order valence-corrected chi connectivity index (χ0v) is 28.1. The minimum atomic E-state index is 1.12. The number of nitrogens with zero attached hydrogens (tertiary/aromatic N) is 1. The van der Waals surface area contributed by atoms with Crippen LogP contribution in [0.4, 0.5) is 17.1 Å². The van der Waals surface area contributed by atoms with Gasteiger partial charge in [-0.2, -0.15) is 0 Å². The second-order valence-corrected chi connectivity index (χ2v) is 14.0. The van der Waals surface area contributed by atoms with Crippen molar-refractivity contribution in [3.8, 4) is 22.3 Å². The molecule has 9 aromatic carbocycles. The molecule has 1 nitrogen and oxygen atoms in total. The predicted octanol–water partition coefficient (Wildman–Crippen LogP) is 14.3. The van der Waals surface area contributed by atoms with Crippen molar-refractivity contribution in [2.24, 2.45) is 0 Å². The van der Waals surface area contributed by atoms with E-state index in [0.29, 0.717) is 0 Å². The average Bonchev–Trinajstić information content (AvgIpc) is 3.58. The lowest BCUT2D eigenvalue weighted by atomic mass is 9.95. The molecule has 10 rings (SSSR count). The van der Waals surface area contributed by atoms with Crippen molar-refractivity contribution in [1.82, 2.24) is 0 Å². The molecule has 0 aliphatic rings. The van der Waals surface area contributed by atoms with Crippen LogP contribution in [0.5, 0.6) is 0 Å². The number of rotatable bonds is 5. The molecule has 10 aromatic rings. The number of benzene rings is 9. The Kier molecular flexibility index (Phi) is 6.75. The highest BCUT2D eigenvalue weighted by molar-refractivity contribution is 7.26. The fourth-order valence-corrected chi connectivity index (χ4v) is 8.91. The van der Waals surface area contributed by atoms with E-state index in [1.165, 1.54) is 74.7 Å². The highest BCUT2D eigenvalue weighted by Crippen LogP contribution is 2.44. The van der Waals surface area contributed by atoms with E-state index < -0.39 is 0 Å². The molecule has 0 aliphatic heterocycles. The largest absolute Gasteiger partial charge is 0.310 e. The summed E-state index contributed by atoms with van der Waals surface area (Å²) in [6.45, 7) is 0. The zero-order chi connectivity index (χ0) is 33.0. The van der Waals surface area contributed by atoms with Gasteiger partial charge in [-0.25, -0.2) is 0 Å². The molecule has 0 aliphatic carbocycles. The summed E-state index contributed by atoms with van der Waals surface area (Å²) < 4.78 is 2.66. The van der Waals surface area contributed by atoms with E-state index in [4.69, 9.17) is 0 Å². The third-order valence-corrected chi connectivity index (χ3v) is 11.3. The summed E-state index contributed by atoms with van der Waals surface area (Å²) >= 11 is 1.88. The number of thiophene rings is 1. The van der Waals surface area contributed by atoms with Crippen molar-refractivity contribution in [3.63, 3.8) is 0 Å². The summed E-state index contributed by atoms with van der Waals surface area (Å²) in [5.41, 5.74) is 8.32. The molecule has 50 heavy (non-hydrogen) atoms. The van der Waals surface area contributed by atoms with Crippen molar-refractivity contribution < 1.29 is 0 Å². The quantitative estimate of drug-likeness (QED) is 0.167. The lowest BCUT2D eigenvalue weighted by molar-refractivity contribution is 1.30. The van der Waals surface area contributed by atoms with Gasteiger partial charge in [0.2, 0.25) is 0 Å². The molecular formula is C48H31NS. The van der Waals surface area contributed by atoms with Crippen LogP contribution in [-0.4, -0.2) is 0 Å². The second-order valence-electron chi connectivity index (χ2n) is 12.9. The molecule has 0 fully saturated rings. The molecule has 0 amide bonds. The standard InChI is InChI=1S/C48H31NS/c1-2-10-32(11-3-1)33-22-27-37(28-23-33)49(45-18-9-16-43-41(45)31-26-36-21-20-34-12-4-5-13-39(34)47(36)43)38-29-24-35(25-30-38)40-15-8-17-44-42-14-6-7-19-46(42)50-48(40)44/h1-31H. The van der Waals surface area contributed by atoms with Gasteiger partial charge in [0.25, 0.3) is 0 Å². The molecule has 2 heteroatoms. The number of fused-ring (bicyclic) bond motifs is 8. The summed E-state index contributed by atoms with van der Waals surface area (Å²) in [6, 6.07) is 68.7. The van der Waals surface area contributed by atoms with E-state index in [2.05, 4.69) is 193 Å². The first-order valence-corrected chi connectivity index (χ1v) is 17.9. The molecule has 0 unspecified atom stereocenters. The summed E-state index contributed by atoms with van der Waals surface area (Å²) in [7, 11) is 0. The first-order chi connectivity index (χ1) is 24.8. The van der Waals surface area contributed by atoms with Crippen LogP contribution in [0.2, 0.25) is 0 Å². The highest BCUT2D eigenvalue weighted by Gasteiger charge is 2.18. The van der Waals surface area contributed by atoms with E-state index in [9.17, 15) is 0 Å². The molecule has 0 spiro atoms. The fraction of sp³-hybridized carbons (Fsp3) is 0. The van der Waals surface area contributed by atoms with Gasteiger partial charge >= 0.3 is 0 Å². The Morgan fingerprint density at radius 2 is 0.940 bits per heavy atom. The van der Waals surface area contributed by atoms with Crippen molar-refractivity contribution in [1.29, 1.82) is 0 Å². The van der Waals surface area contributed by atoms with Gasteiger partial charge in [0.05, 0.1) is 5.69 Å². The number of anilines is 3. The molecule has 1 aromatic heterocycles. The van der Waals surface area contributed by atoms with Crippen LogP contribution in [0.25, 0.3) is 74.7 Å². The fourth-order valence-electron chi connectivity index (χ4n) is 7.67. The molecule has 0 bridgehead atoms. The van der Waals surface area contributed by atoms with Crippen LogP contribution >= 0.6 is 11.3 Å². The van der Waals surface area contributed by atoms with Crippen molar-refractivity contribution >= 4 is 80.9 Å². The minimum Gasteiger partial charge on any atom is -0.310 e. The Bertz CT molecular complexity index is 2850. The van der Waals surface area contributed by atoms with Gasteiger partial charge in [0.15, 0.2) is 0 Å². The SMILES string of the molecule is c1ccc(-c2ccc(N(c3ccc(-c4cccc5c4sc4ccccc45)cc3)c3cccc4c3ccc3ccc5ccccc5c34)cc2)cc1. The molecule has 0 radical (unpaired) electrons. The van der Waals surface area contributed by atoms with Gasteiger partial charge in [-0.05, 0) is 85.6 Å². The molecule has 0 saturated heterocycles. The van der Waals surface area contributed by atoms with Crippen molar-refractivity contribution in [2.45, 2.75) is 0 Å². The Balaban J connectivity index is 1.15. The van der Waals surface area contributed by atoms with Gasteiger partial charge in [-0.3, -0.25) is 0 Å². The Hall–Kier alpha value is -6.22. The smallest absolute Gasteiger partial charge is 0.0540 e. The predicted molar refractivity (Wildman–Crippen MR) is 217 cm³/mol. The maximum Gasteiger partial charge on any atom is 0.0540 e. The maximum atomic E-state index is 2.41. The number of hydrogen-bond donors (Lipinski definition) is 0. The van der Waals surface area contributed by atoms with Crippen LogP contribution in [-0.2, 0) is 0 Å². The summed E-state index contributed by atoms with van der Waals surface area (Å²) in [4.78, 5) is 2.41. The molecule has 1 heterocycles. The lowest BCUT2D eigenvalue weighted by Gasteiger charge is -2.27. The zero-order valence-electron chi connectivity index (χ0n) is 27.3. The first kappa shape index (κ1) is 28.8. The van der Waals surface area contributed by atoms with Crippen LogP contribution in [0.15, 0.2) is 188 Å². The van der Waals surface area contributed by atoms with Crippen molar-refractivity contribution in [3.05, 3.63) is 188 Å². The Labute approximate surface area is 294 Å². The van der Waals surface area contributed by atoms with Gasteiger partial charge in [0, 0.05) is 36.9 Å². The molecule has 234 valence electrons. The van der Waals surface area contributed by atoms with Gasteiger partial charge in [-0.15, -0.1) is 11.3 Å². The highest BCUT2D eigenvalue weighted by atomic mass is 32.1. The van der Waals surface area contributed by atoms with Crippen LogP contribution in [0.3, 0.4) is 0 Å². The molecule has 0 atom stereocenters. The van der Waals surface area contributed by atoms with E-state index >= 15 is 0 Å². The third-order valence-electron chi connectivity index (χ3n) is 10.1. The van der Waals surface area contributed by atoms with E-state index in [1.807, 2.05) is 11.3 Å². The molecule has 0 N–H and O–H groups in total. The van der Waals surface area contributed by atoms with Crippen LogP contribution in [0, 0.1) is 0 Å². The van der Waals surface area contributed by atoms with E-state index in [-0.39, 0.29) is 0 Å². The topological polar surface area (TPSA) is 3.24 Å². The molecule has 0 saturated carbocycles. The Morgan fingerprint density at radius 1 is 0.340 bits per heavy atom. The summed E-state index contributed by atoms with van der Waals surface area (Å²) in [6.07, 6.45) is 0. The summed E-state index contributed by atoms with van der Waals surface area (Å²) in [5.74, 6) is 0. The maximum absolute atomic E-state index is 2.41. The summed E-state index contributed by atoms with van der Waals surface area (Å²) in [5, 5.41) is 10.2. The van der Waals surface area contributed by atoms with E-state index in [1.54, 1.807) is 0 Å². The number of hydrogen-bond acceptors (Lipinski definition) is 2. The third kappa shape index (κ3) is 4.69. The van der Waals surface area contributed by atoms with Gasteiger partial charge in [0.1, 0.15) is 0 Å². The van der Waals surface area contributed by atoms with E-state index in [0.717, 1.165) is 17.1 Å². The van der Waals surface area contributed by atoms with Crippen molar-refractivity contribution in [2.75, 3.05) is 4.90 Å². The Morgan fingerprint density at radius 3 is 1.76 bits per heavy atom. The second kappa shape index (κ2) is 11.7. The monoisotopic (exact) mass is 653 g/mol. The van der Waals surface area contributed by atoms with Gasteiger partial charge in [-0.1, -0.05) is 152 Å². The normalized spacial score (nSPS) is 11.6. The first-order valence-electron chi connectivity index (χ1n) is 17.1. The van der Waals surface area contributed by atoms with Crippen LogP contribution < -0.4 is 4.90 Å². The lowest BCUT2D eigenvalue weighted by Crippen LogP contribution is -2.10.